The number of aromatic nitrogens is 1. The van der Waals surface area contributed by atoms with Crippen LogP contribution in [0.1, 0.15) is 56.8 Å². The predicted molar refractivity (Wildman–Crippen MR) is 86.6 cm³/mol. The van der Waals surface area contributed by atoms with Crippen LogP contribution in [0.25, 0.3) is 0 Å². The number of likely N-dealkylation sites (tertiary alicyclic amines) is 1. The van der Waals surface area contributed by atoms with Gasteiger partial charge in [-0.1, -0.05) is 20.8 Å². The summed E-state index contributed by atoms with van der Waals surface area (Å²) in [6, 6.07) is 3.77. The number of anilines is 1. The fraction of sp³-hybridized carbons (Fsp3) is 0.647. The fourth-order valence-electron chi connectivity index (χ4n) is 2.69. The SMILES string of the molecule is CCCNc1ccc(C(=O)N2CCCC(C)(C)CC2)cn1. The van der Waals surface area contributed by atoms with Crippen LogP contribution in [0.4, 0.5) is 5.82 Å². The first-order valence-electron chi connectivity index (χ1n) is 8.01. The molecule has 1 aliphatic heterocycles. The third kappa shape index (κ3) is 4.45. The Morgan fingerprint density at radius 1 is 1.33 bits per heavy atom. The van der Waals surface area contributed by atoms with Crippen LogP contribution in [0, 0.1) is 5.41 Å². The molecule has 0 atom stereocenters. The van der Waals surface area contributed by atoms with E-state index >= 15 is 0 Å². The van der Waals surface area contributed by atoms with Crippen LogP contribution in [-0.2, 0) is 0 Å². The Labute approximate surface area is 127 Å². The molecule has 0 unspecified atom stereocenters. The maximum absolute atomic E-state index is 12.6. The molecule has 1 saturated heterocycles. The quantitative estimate of drug-likeness (QED) is 0.922. The van der Waals surface area contributed by atoms with E-state index < -0.39 is 0 Å². The molecular formula is C17H27N3O. The minimum absolute atomic E-state index is 0.113. The highest BCUT2D eigenvalue weighted by molar-refractivity contribution is 5.94. The van der Waals surface area contributed by atoms with Gasteiger partial charge in [0.25, 0.3) is 5.91 Å². The summed E-state index contributed by atoms with van der Waals surface area (Å²) in [4.78, 5) is 18.9. The fourth-order valence-corrected chi connectivity index (χ4v) is 2.69. The zero-order chi connectivity index (χ0) is 15.3. The molecule has 2 heterocycles. The molecular weight excluding hydrogens is 262 g/mol. The van der Waals surface area contributed by atoms with Crippen molar-refractivity contribution in [3.8, 4) is 0 Å². The van der Waals surface area contributed by atoms with Gasteiger partial charge in [0.1, 0.15) is 5.82 Å². The smallest absolute Gasteiger partial charge is 0.255 e. The molecule has 0 aromatic carbocycles. The highest BCUT2D eigenvalue weighted by Crippen LogP contribution is 2.30. The summed E-state index contributed by atoms with van der Waals surface area (Å²) in [6.45, 7) is 9.31. The molecule has 1 N–H and O–H groups in total. The lowest BCUT2D eigenvalue weighted by molar-refractivity contribution is 0.0757. The molecule has 4 nitrogen and oxygen atoms in total. The summed E-state index contributed by atoms with van der Waals surface area (Å²) in [5.74, 6) is 0.952. The molecule has 21 heavy (non-hydrogen) atoms. The third-order valence-electron chi connectivity index (χ3n) is 4.19. The molecule has 0 saturated carbocycles. The summed E-state index contributed by atoms with van der Waals surface area (Å²) >= 11 is 0. The lowest BCUT2D eigenvalue weighted by Gasteiger charge is -2.23. The molecule has 4 heteroatoms. The zero-order valence-corrected chi connectivity index (χ0v) is 13.5. The molecule has 0 spiro atoms. The monoisotopic (exact) mass is 289 g/mol. The number of pyridine rings is 1. The normalized spacial score (nSPS) is 18.1. The first-order valence-corrected chi connectivity index (χ1v) is 8.01. The number of amides is 1. The van der Waals surface area contributed by atoms with Gasteiger partial charge in [0, 0.05) is 25.8 Å². The molecule has 1 amide bonds. The van der Waals surface area contributed by atoms with Crippen LogP contribution < -0.4 is 5.32 Å². The Kier molecular flexibility index (Phi) is 5.21. The van der Waals surface area contributed by atoms with Gasteiger partial charge in [0.2, 0.25) is 0 Å². The van der Waals surface area contributed by atoms with E-state index in [4.69, 9.17) is 0 Å². The Bertz CT molecular complexity index is 467. The molecule has 0 radical (unpaired) electrons. The average molecular weight is 289 g/mol. The third-order valence-corrected chi connectivity index (χ3v) is 4.19. The Balaban J connectivity index is 1.99. The molecule has 116 valence electrons. The van der Waals surface area contributed by atoms with Crippen molar-refractivity contribution in [3.63, 3.8) is 0 Å². The van der Waals surface area contributed by atoms with Crippen LogP contribution >= 0.6 is 0 Å². The summed E-state index contributed by atoms with van der Waals surface area (Å²) in [6.07, 6.45) is 6.10. The number of nitrogens with zero attached hydrogens (tertiary/aromatic N) is 2. The van der Waals surface area contributed by atoms with E-state index in [2.05, 4.69) is 31.1 Å². The molecule has 0 aliphatic carbocycles. The first-order chi connectivity index (χ1) is 10.0. The van der Waals surface area contributed by atoms with Crippen molar-refractivity contribution in [2.45, 2.75) is 46.5 Å². The van der Waals surface area contributed by atoms with Gasteiger partial charge >= 0.3 is 0 Å². The van der Waals surface area contributed by atoms with Gasteiger partial charge in [-0.15, -0.1) is 0 Å². The summed E-state index contributed by atoms with van der Waals surface area (Å²) in [7, 11) is 0. The standard InChI is InChI=1S/C17H27N3O/c1-4-10-18-15-7-6-14(13-19-15)16(21)20-11-5-8-17(2,3)9-12-20/h6-7,13H,4-5,8-12H2,1-3H3,(H,18,19). The summed E-state index contributed by atoms with van der Waals surface area (Å²) in [5, 5.41) is 3.22. The Hall–Kier alpha value is -1.58. The molecule has 1 aliphatic rings. The van der Waals surface area contributed by atoms with Crippen molar-refractivity contribution >= 4 is 11.7 Å². The topological polar surface area (TPSA) is 45.2 Å². The number of hydrogen-bond donors (Lipinski definition) is 1. The van der Waals surface area contributed by atoms with E-state index in [0.717, 1.165) is 44.7 Å². The van der Waals surface area contributed by atoms with Crippen molar-refractivity contribution in [2.24, 2.45) is 5.41 Å². The van der Waals surface area contributed by atoms with Crippen LogP contribution in [0.2, 0.25) is 0 Å². The minimum atomic E-state index is 0.113. The first kappa shape index (κ1) is 15.8. The molecule has 1 aromatic heterocycles. The van der Waals surface area contributed by atoms with Crippen molar-refractivity contribution in [1.82, 2.24) is 9.88 Å². The van der Waals surface area contributed by atoms with Crippen molar-refractivity contribution in [3.05, 3.63) is 23.9 Å². The van der Waals surface area contributed by atoms with Gasteiger partial charge in [-0.25, -0.2) is 4.98 Å². The van der Waals surface area contributed by atoms with Crippen LogP contribution in [0.3, 0.4) is 0 Å². The Morgan fingerprint density at radius 3 is 2.81 bits per heavy atom. The highest BCUT2D eigenvalue weighted by Gasteiger charge is 2.25. The molecule has 1 aromatic rings. The largest absolute Gasteiger partial charge is 0.370 e. The summed E-state index contributed by atoms with van der Waals surface area (Å²) < 4.78 is 0. The number of carbonyl (C=O) groups is 1. The van der Waals surface area contributed by atoms with Crippen LogP contribution in [-0.4, -0.2) is 35.4 Å². The second-order valence-corrected chi connectivity index (χ2v) is 6.67. The van der Waals surface area contributed by atoms with E-state index in [0.29, 0.717) is 11.0 Å². The maximum atomic E-state index is 12.6. The second-order valence-electron chi connectivity index (χ2n) is 6.67. The van der Waals surface area contributed by atoms with Gasteiger partial charge in [0.15, 0.2) is 0 Å². The lowest BCUT2D eigenvalue weighted by atomic mass is 9.85. The van der Waals surface area contributed by atoms with E-state index in [1.54, 1.807) is 6.20 Å². The minimum Gasteiger partial charge on any atom is -0.370 e. The molecule has 2 rings (SSSR count). The maximum Gasteiger partial charge on any atom is 0.255 e. The number of carbonyl (C=O) groups excluding carboxylic acids is 1. The number of hydrogen-bond acceptors (Lipinski definition) is 3. The number of rotatable bonds is 4. The van der Waals surface area contributed by atoms with E-state index in [1.807, 2.05) is 17.0 Å². The van der Waals surface area contributed by atoms with Crippen LogP contribution in [0.15, 0.2) is 18.3 Å². The zero-order valence-electron chi connectivity index (χ0n) is 13.5. The van der Waals surface area contributed by atoms with Crippen molar-refractivity contribution in [2.75, 3.05) is 25.0 Å². The van der Waals surface area contributed by atoms with Crippen molar-refractivity contribution in [1.29, 1.82) is 0 Å². The lowest BCUT2D eigenvalue weighted by Crippen LogP contribution is -2.32. The van der Waals surface area contributed by atoms with Gasteiger partial charge in [-0.3, -0.25) is 4.79 Å². The average Bonchev–Trinajstić information content (AvgIpc) is 2.66. The Morgan fingerprint density at radius 2 is 2.14 bits per heavy atom. The van der Waals surface area contributed by atoms with Gasteiger partial charge in [-0.05, 0) is 43.2 Å². The molecule has 0 bridgehead atoms. The predicted octanol–water partition coefficient (Wildman–Crippen LogP) is 3.56. The van der Waals surface area contributed by atoms with E-state index in [1.165, 1.54) is 6.42 Å². The summed E-state index contributed by atoms with van der Waals surface area (Å²) in [5.41, 5.74) is 1.04. The van der Waals surface area contributed by atoms with Crippen molar-refractivity contribution < 1.29 is 4.79 Å². The van der Waals surface area contributed by atoms with Gasteiger partial charge in [-0.2, -0.15) is 0 Å². The number of nitrogens with one attached hydrogen (secondary N) is 1. The van der Waals surface area contributed by atoms with Gasteiger partial charge < -0.3 is 10.2 Å². The molecule has 1 fully saturated rings. The highest BCUT2D eigenvalue weighted by atomic mass is 16.2. The van der Waals surface area contributed by atoms with E-state index in [9.17, 15) is 4.79 Å². The second kappa shape index (κ2) is 6.92. The van der Waals surface area contributed by atoms with E-state index in [-0.39, 0.29) is 5.91 Å². The van der Waals surface area contributed by atoms with Crippen LogP contribution in [0.5, 0.6) is 0 Å². The van der Waals surface area contributed by atoms with Gasteiger partial charge in [0.05, 0.1) is 5.56 Å².